The highest BCUT2D eigenvalue weighted by Gasteiger charge is 2.25. The second-order valence-corrected chi connectivity index (χ2v) is 16.9. The van der Waals surface area contributed by atoms with Crippen LogP contribution in [0.4, 0.5) is 0 Å². The van der Waals surface area contributed by atoms with E-state index in [-0.39, 0.29) is 24.0 Å². The van der Waals surface area contributed by atoms with Gasteiger partial charge in [0.2, 0.25) is 0 Å². The van der Waals surface area contributed by atoms with E-state index in [1.54, 1.807) is 6.08 Å². The Hall–Kier alpha value is -8.33. The van der Waals surface area contributed by atoms with Crippen LogP contribution in [0.25, 0.3) is 122 Å². The summed E-state index contributed by atoms with van der Waals surface area (Å²) in [6.45, 7) is 13.4. The highest BCUT2D eigenvalue weighted by atomic mass is 127. The Morgan fingerprint density at radius 1 is 0.411 bits per heavy atom. The van der Waals surface area contributed by atoms with Gasteiger partial charge in [0.05, 0.1) is 22.1 Å². The lowest BCUT2D eigenvalue weighted by Gasteiger charge is -2.10. The Bertz CT molecular complexity index is 4040. The minimum Gasteiger partial charge on any atom is -0.450 e. The third kappa shape index (κ3) is 9.26. The summed E-state index contributed by atoms with van der Waals surface area (Å²) in [5, 5.41) is 5.67. The van der Waals surface area contributed by atoms with Gasteiger partial charge in [-0.25, -0.2) is 9.97 Å². The Labute approximate surface area is 444 Å². The van der Waals surface area contributed by atoms with Gasteiger partial charge >= 0.3 is 0 Å². The van der Waals surface area contributed by atoms with Crippen LogP contribution in [0.2, 0.25) is 0 Å². The Balaban J connectivity index is 0.000000615. The third-order valence-corrected chi connectivity index (χ3v) is 12.9. The van der Waals surface area contributed by atoms with Crippen LogP contribution < -0.4 is 0 Å². The van der Waals surface area contributed by atoms with Crippen LogP contribution in [-0.4, -0.2) is 19.1 Å². The number of nitrogens with zero attached hydrogens (tertiary/aromatic N) is 4. The summed E-state index contributed by atoms with van der Waals surface area (Å²) in [6.07, 6.45) is 5.58. The highest BCUT2D eigenvalue weighted by molar-refractivity contribution is 14.0. The average molecular weight is 1060 g/mol. The zero-order chi connectivity index (χ0) is 49.6. The molecule has 358 valence electrons. The molecule has 4 heterocycles. The first-order chi connectivity index (χ1) is 35.7. The van der Waals surface area contributed by atoms with Crippen LogP contribution in [0, 0.1) is 0 Å². The molecule has 0 unspecified atom stereocenters. The molecule has 0 N–H and O–H groups in total. The number of rotatable bonds is 7. The molecule has 73 heavy (non-hydrogen) atoms. The largest absolute Gasteiger partial charge is 0.450 e. The molecule has 0 atom stereocenters. The second kappa shape index (κ2) is 22.4. The molecule has 13 rings (SSSR count). The number of allylic oxidation sites excluding steroid dienone is 3. The van der Waals surface area contributed by atoms with E-state index in [9.17, 15) is 0 Å². The lowest BCUT2D eigenvalue weighted by atomic mass is 9.96. The van der Waals surface area contributed by atoms with Gasteiger partial charge in [0.25, 0.3) is 0 Å². The van der Waals surface area contributed by atoms with E-state index in [1.807, 2.05) is 71.0 Å². The number of halogens is 1. The molecule has 0 bridgehead atoms. The number of aromatic nitrogens is 4. The molecule has 0 radical (unpaired) electrons. The van der Waals surface area contributed by atoms with E-state index < -0.39 is 0 Å². The lowest BCUT2D eigenvalue weighted by molar-refractivity contribution is 0.663. The van der Waals surface area contributed by atoms with Crippen LogP contribution in [0.5, 0.6) is 0 Å². The van der Waals surface area contributed by atoms with Gasteiger partial charge in [0, 0.05) is 43.7 Å². The van der Waals surface area contributed by atoms with E-state index in [2.05, 4.69) is 210 Å². The van der Waals surface area contributed by atoms with Crippen molar-refractivity contribution in [1.82, 2.24) is 19.1 Å². The van der Waals surface area contributed by atoms with Crippen molar-refractivity contribution in [3.05, 3.63) is 243 Å². The molecule has 0 saturated carbocycles. The van der Waals surface area contributed by atoms with Crippen LogP contribution in [0.15, 0.2) is 248 Å². The molecule has 0 aliphatic rings. The third-order valence-electron chi connectivity index (χ3n) is 12.9. The molecule has 0 amide bonds. The van der Waals surface area contributed by atoms with Crippen molar-refractivity contribution in [2.24, 2.45) is 0 Å². The Morgan fingerprint density at radius 3 is 1.42 bits per heavy atom. The number of furan rings is 1. The summed E-state index contributed by atoms with van der Waals surface area (Å²) < 4.78 is 11.8. The lowest BCUT2D eigenvalue weighted by Crippen LogP contribution is -2.01. The molecular weight excluding hydrogens is 1000 g/mol. The molecular formula is C67H57IN4O. The van der Waals surface area contributed by atoms with Crippen molar-refractivity contribution < 1.29 is 4.42 Å². The van der Waals surface area contributed by atoms with Crippen molar-refractivity contribution in [1.29, 1.82) is 0 Å². The van der Waals surface area contributed by atoms with E-state index in [1.165, 1.54) is 21.8 Å². The summed E-state index contributed by atoms with van der Waals surface area (Å²) >= 11 is 0. The van der Waals surface area contributed by atoms with Crippen molar-refractivity contribution >= 4 is 89.7 Å². The maximum atomic E-state index is 7.13. The van der Waals surface area contributed by atoms with Crippen molar-refractivity contribution in [3.8, 4) is 56.3 Å². The maximum absolute atomic E-state index is 7.13. The zero-order valence-electron chi connectivity index (χ0n) is 41.8. The summed E-state index contributed by atoms with van der Waals surface area (Å²) in [4.78, 5) is 10.8. The zero-order valence-corrected chi connectivity index (χ0v) is 44.2. The Morgan fingerprint density at radius 2 is 0.877 bits per heavy atom. The highest BCUT2D eigenvalue weighted by Crippen LogP contribution is 2.44. The average Bonchev–Trinajstić information content (AvgIpc) is 4.12. The fraction of sp³-hybridized carbons (Fsp3) is 0.0746. The molecule has 0 saturated heterocycles. The minimum absolute atomic E-state index is 0. The van der Waals surface area contributed by atoms with Crippen LogP contribution in [-0.2, 0) is 0 Å². The van der Waals surface area contributed by atoms with Crippen LogP contribution in [0.3, 0.4) is 0 Å². The fourth-order valence-electron chi connectivity index (χ4n) is 9.75. The first kappa shape index (κ1) is 49.6. The number of hydrogen-bond acceptors (Lipinski definition) is 3. The van der Waals surface area contributed by atoms with Crippen molar-refractivity contribution in [2.45, 2.75) is 34.6 Å². The molecule has 0 spiro atoms. The van der Waals surface area contributed by atoms with E-state index in [0.717, 1.165) is 82.9 Å². The molecule has 6 heteroatoms. The van der Waals surface area contributed by atoms with Crippen LogP contribution >= 0.6 is 24.0 Å². The molecule has 0 aliphatic heterocycles. The first-order valence-electron chi connectivity index (χ1n) is 25.0. The number of fused-ring (bicyclic) bond motifs is 9. The first-order valence-corrected chi connectivity index (χ1v) is 25.0. The summed E-state index contributed by atoms with van der Waals surface area (Å²) in [7, 11) is 0. The second-order valence-electron chi connectivity index (χ2n) is 16.9. The predicted octanol–water partition coefficient (Wildman–Crippen LogP) is 19.7. The smallest absolute Gasteiger partial charge is 0.197 e. The summed E-state index contributed by atoms with van der Waals surface area (Å²) in [6, 6.07) is 77.3. The van der Waals surface area contributed by atoms with Gasteiger partial charge in [-0.05, 0) is 95.4 Å². The van der Waals surface area contributed by atoms with Gasteiger partial charge in [-0.3, -0.25) is 4.57 Å². The van der Waals surface area contributed by atoms with E-state index in [4.69, 9.17) is 14.4 Å². The monoisotopic (exact) mass is 1060 g/mol. The minimum atomic E-state index is 0. The van der Waals surface area contributed by atoms with Crippen molar-refractivity contribution in [2.75, 3.05) is 0 Å². The normalized spacial score (nSPS) is 11.0. The fourth-order valence-corrected chi connectivity index (χ4v) is 9.75. The molecule has 4 aromatic heterocycles. The summed E-state index contributed by atoms with van der Waals surface area (Å²) in [5.41, 5.74) is 15.3. The van der Waals surface area contributed by atoms with Crippen LogP contribution in [0.1, 0.15) is 34.6 Å². The number of hydrogen-bond donors (Lipinski definition) is 0. The standard InChI is InChI=1S/C58H36N4O.C5H8.2C2H6.HI/c1-5-17-37(18-6-1)42-35-46(38-19-7-2-8-20-38)55-49(36-42)54-56(63-55)58(60-57(59-54)39-21-9-3-10-22-39)62-51-28-16-14-26-45(51)48-34-41(30-32-53(48)62)40-29-31-52-47(33-40)44-25-13-15-27-50(44)61(52)43-23-11-4-12-24-43;1-3-5-4-2;2*1-2;/h1-36H;3-5H,1H2,2H3;2*1-2H3;1H/b;5-4-;;;. The van der Waals surface area contributed by atoms with Crippen molar-refractivity contribution in [3.63, 3.8) is 0 Å². The maximum Gasteiger partial charge on any atom is 0.197 e. The van der Waals surface area contributed by atoms with Gasteiger partial charge in [-0.2, -0.15) is 0 Å². The van der Waals surface area contributed by atoms with Gasteiger partial charge in [-0.15, -0.1) is 24.0 Å². The SMILES string of the molecule is C=C/C=C\C.CC.CC.I.c1ccc(-c2cc(-c3ccccc3)c3oc4c(-n5c6ccccc6c6cc(-c7ccc8c(c7)c7ccccc7n8-c7ccccc7)ccc65)nc(-c5ccccc5)nc4c3c2)cc1. The van der Waals surface area contributed by atoms with E-state index >= 15 is 0 Å². The van der Waals surface area contributed by atoms with E-state index in [0.29, 0.717) is 17.2 Å². The quantitative estimate of drug-likeness (QED) is 0.118. The van der Waals surface area contributed by atoms with Gasteiger partial charge < -0.3 is 8.98 Å². The molecule has 9 aromatic carbocycles. The molecule has 0 aliphatic carbocycles. The molecule has 0 fully saturated rings. The Kier molecular flexibility index (Phi) is 15.2. The molecule has 13 aromatic rings. The molecule has 5 nitrogen and oxygen atoms in total. The van der Waals surface area contributed by atoms with Gasteiger partial charge in [0.1, 0.15) is 11.1 Å². The topological polar surface area (TPSA) is 48.8 Å². The van der Waals surface area contributed by atoms with Gasteiger partial charge in [-0.1, -0.05) is 210 Å². The van der Waals surface area contributed by atoms with Gasteiger partial charge in [0.15, 0.2) is 17.2 Å². The predicted molar refractivity (Wildman–Crippen MR) is 323 cm³/mol. The summed E-state index contributed by atoms with van der Waals surface area (Å²) in [5.74, 6) is 1.34. The number of para-hydroxylation sites is 3. The number of benzene rings is 9.